The normalized spacial score (nSPS) is 12.4. The summed E-state index contributed by atoms with van der Waals surface area (Å²) in [5.74, 6) is -1.06. The number of nitrogens with two attached hydrogens (primary N) is 1. The number of hydrogen-bond acceptors (Lipinski definition) is 5. The minimum Gasteiger partial charge on any atom is -0.365 e. The van der Waals surface area contributed by atoms with Gasteiger partial charge in [0.25, 0.3) is 11.8 Å². The van der Waals surface area contributed by atoms with E-state index in [1.807, 2.05) is 26.0 Å². The molecule has 2 aromatic carbocycles. The third kappa shape index (κ3) is 3.90. The molecule has 0 spiro atoms. The monoisotopic (exact) mass is 487 g/mol. The van der Waals surface area contributed by atoms with Crippen molar-refractivity contribution in [2.45, 2.75) is 33.7 Å². The van der Waals surface area contributed by atoms with Gasteiger partial charge in [-0.05, 0) is 56.5 Å². The van der Waals surface area contributed by atoms with Crippen molar-refractivity contribution < 1.29 is 14.0 Å². The second-order valence-electron chi connectivity index (χ2n) is 9.04. The Morgan fingerprint density at radius 3 is 2.58 bits per heavy atom. The molecule has 0 radical (unpaired) electrons. The Balaban J connectivity index is 1.54. The maximum atomic E-state index is 15.7. The molecule has 4 aromatic rings. The first-order valence-corrected chi connectivity index (χ1v) is 11.5. The van der Waals surface area contributed by atoms with E-state index in [-0.39, 0.29) is 27.9 Å². The topological polar surface area (TPSA) is 120 Å². The smallest absolute Gasteiger partial charge is 0.257 e. The molecule has 184 valence electrons. The SMILES string of the molecule is Cc1ccc2c(c1)CCn1nc(-c3ccc(C(=O)Nc4cc(C)n(C)n4)c(C)c3F)c(C(N)=O)c1N2. The number of primary amides is 1. The van der Waals surface area contributed by atoms with Gasteiger partial charge in [-0.1, -0.05) is 17.7 Å². The number of aromatic nitrogens is 4. The number of fused-ring (bicyclic) bond motifs is 2. The van der Waals surface area contributed by atoms with Crippen molar-refractivity contribution in [3.8, 4) is 11.3 Å². The molecule has 2 aromatic heterocycles. The summed E-state index contributed by atoms with van der Waals surface area (Å²) in [6.07, 6.45) is 0.684. The fraction of sp³-hybridized carbons (Fsp3) is 0.231. The van der Waals surface area contributed by atoms with Crippen LogP contribution in [0.25, 0.3) is 11.3 Å². The molecule has 0 saturated carbocycles. The molecule has 2 amide bonds. The minimum atomic E-state index is -0.723. The van der Waals surface area contributed by atoms with Crippen LogP contribution in [-0.2, 0) is 20.0 Å². The Morgan fingerprint density at radius 1 is 1.11 bits per heavy atom. The fourth-order valence-corrected chi connectivity index (χ4v) is 4.50. The molecular formula is C26H26FN7O2. The van der Waals surface area contributed by atoms with Gasteiger partial charge in [0.1, 0.15) is 22.9 Å². The van der Waals surface area contributed by atoms with E-state index in [9.17, 15) is 9.59 Å². The van der Waals surface area contributed by atoms with Gasteiger partial charge >= 0.3 is 0 Å². The molecule has 1 aliphatic rings. The zero-order valence-corrected chi connectivity index (χ0v) is 20.4. The van der Waals surface area contributed by atoms with Crippen molar-refractivity contribution in [1.29, 1.82) is 0 Å². The maximum Gasteiger partial charge on any atom is 0.257 e. The van der Waals surface area contributed by atoms with Crippen LogP contribution in [-0.4, -0.2) is 31.4 Å². The zero-order chi connectivity index (χ0) is 25.7. The van der Waals surface area contributed by atoms with Gasteiger partial charge in [-0.15, -0.1) is 0 Å². The number of halogens is 1. The molecule has 0 aliphatic carbocycles. The lowest BCUT2D eigenvalue weighted by molar-refractivity contribution is 0.0998. The van der Waals surface area contributed by atoms with E-state index in [1.54, 1.807) is 22.5 Å². The summed E-state index contributed by atoms with van der Waals surface area (Å²) in [5, 5.41) is 14.7. The predicted molar refractivity (Wildman–Crippen MR) is 135 cm³/mol. The van der Waals surface area contributed by atoms with Crippen molar-refractivity contribution in [3.63, 3.8) is 0 Å². The van der Waals surface area contributed by atoms with Crippen LogP contribution in [0.3, 0.4) is 0 Å². The summed E-state index contributed by atoms with van der Waals surface area (Å²) in [6.45, 7) is 5.88. The summed E-state index contributed by atoms with van der Waals surface area (Å²) in [5.41, 5.74) is 10.3. The summed E-state index contributed by atoms with van der Waals surface area (Å²) >= 11 is 0. The molecule has 5 rings (SSSR count). The fourth-order valence-electron chi connectivity index (χ4n) is 4.50. The van der Waals surface area contributed by atoms with Crippen LogP contribution in [0.5, 0.6) is 0 Å². The number of aryl methyl sites for hydroxylation is 5. The molecule has 4 N–H and O–H groups in total. The van der Waals surface area contributed by atoms with Crippen LogP contribution >= 0.6 is 0 Å². The van der Waals surface area contributed by atoms with Gasteiger partial charge in [-0.3, -0.25) is 14.3 Å². The number of amides is 2. The van der Waals surface area contributed by atoms with Crippen molar-refractivity contribution in [1.82, 2.24) is 19.6 Å². The number of nitrogens with one attached hydrogen (secondary N) is 2. The Labute approximate surface area is 207 Å². The average Bonchev–Trinajstić information content (AvgIpc) is 3.28. The molecule has 9 nitrogen and oxygen atoms in total. The van der Waals surface area contributed by atoms with Crippen LogP contribution in [0.15, 0.2) is 36.4 Å². The number of benzene rings is 2. The number of carbonyl (C=O) groups excluding carboxylic acids is 2. The largest absolute Gasteiger partial charge is 0.365 e. The number of rotatable bonds is 4. The van der Waals surface area contributed by atoms with Gasteiger partial charge in [0, 0.05) is 42.2 Å². The second-order valence-corrected chi connectivity index (χ2v) is 9.04. The van der Waals surface area contributed by atoms with Gasteiger partial charge in [0.15, 0.2) is 5.82 Å². The summed E-state index contributed by atoms with van der Waals surface area (Å²) in [6, 6.07) is 10.7. The molecule has 3 heterocycles. The van der Waals surface area contributed by atoms with E-state index < -0.39 is 17.6 Å². The van der Waals surface area contributed by atoms with Gasteiger partial charge in [-0.25, -0.2) is 9.07 Å². The Kier molecular flexibility index (Phi) is 5.58. The van der Waals surface area contributed by atoms with Gasteiger partial charge in [0.2, 0.25) is 0 Å². The first kappa shape index (κ1) is 23.3. The lowest BCUT2D eigenvalue weighted by Gasteiger charge is -2.11. The summed E-state index contributed by atoms with van der Waals surface area (Å²) in [7, 11) is 1.77. The first-order valence-electron chi connectivity index (χ1n) is 11.5. The highest BCUT2D eigenvalue weighted by atomic mass is 19.1. The summed E-state index contributed by atoms with van der Waals surface area (Å²) in [4.78, 5) is 25.4. The molecule has 0 bridgehead atoms. The number of nitrogens with zero attached hydrogens (tertiary/aromatic N) is 4. The van der Waals surface area contributed by atoms with E-state index >= 15 is 4.39 Å². The lowest BCUT2D eigenvalue weighted by Crippen LogP contribution is -2.16. The molecule has 10 heteroatoms. The van der Waals surface area contributed by atoms with Crippen LogP contribution in [0.2, 0.25) is 0 Å². The van der Waals surface area contributed by atoms with Crippen LogP contribution in [0.4, 0.5) is 21.7 Å². The zero-order valence-electron chi connectivity index (χ0n) is 20.4. The van der Waals surface area contributed by atoms with Gasteiger partial charge in [0.05, 0.1) is 0 Å². The first-order chi connectivity index (χ1) is 17.1. The molecule has 1 aliphatic heterocycles. The maximum absolute atomic E-state index is 15.7. The highest BCUT2D eigenvalue weighted by Crippen LogP contribution is 2.36. The Hall–Kier alpha value is -4.47. The molecular weight excluding hydrogens is 461 g/mol. The van der Waals surface area contributed by atoms with Crippen molar-refractivity contribution >= 4 is 29.1 Å². The van der Waals surface area contributed by atoms with E-state index in [2.05, 4.69) is 26.9 Å². The Bertz CT molecular complexity index is 1530. The third-order valence-corrected chi connectivity index (χ3v) is 6.55. The number of anilines is 3. The van der Waals surface area contributed by atoms with E-state index in [0.717, 1.165) is 22.5 Å². The second kappa shape index (κ2) is 8.63. The van der Waals surface area contributed by atoms with Crippen molar-refractivity contribution in [2.75, 3.05) is 10.6 Å². The highest BCUT2D eigenvalue weighted by molar-refractivity contribution is 6.07. The molecule has 0 unspecified atom stereocenters. The predicted octanol–water partition coefficient (Wildman–Crippen LogP) is 4.00. The highest BCUT2D eigenvalue weighted by Gasteiger charge is 2.28. The quantitative estimate of drug-likeness (QED) is 0.402. The van der Waals surface area contributed by atoms with E-state index in [1.165, 1.54) is 19.1 Å². The lowest BCUT2D eigenvalue weighted by atomic mass is 9.99. The van der Waals surface area contributed by atoms with Gasteiger partial charge in [-0.2, -0.15) is 10.2 Å². The minimum absolute atomic E-state index is 0.0954. The average molecular weight is 488 g/mol. The molecule has 0 fully saturated rings. The number of hydrogen-bond donors (Lipinski definition) is 3. The van der Waals surface area contributed by atoms with E-state index in [0.29, 0.717) is 24.6 Å². The van der Waals surface area contributed by atoms with Crippen molar-refractivity contribution in [2.24, 2.45) is 12.8 Å². The van der Waals surface area contributed by atoms with Gasteiger partial charge < -0.3 is 16.4 Å². The number of carbonyl (C=O) groups is 2. The van der Waals surface area contributed by atoms with Crippen molar-refractivity contribution in [3.05, 3.63) is 75.7 Å². The molecule has 0 atom stereocenters. The van der Waals surface area contributed by atoms with Crippen LogP contribution in [0, 0.1) is 26.6 Å². The third-order valence-electron chi connectivity index (χ3n) is 6.55. The standard InChI is InChI=1S/C26H26FN7O2/c1-13-5-8-19-16(11-13)9-10-34-25(29-19)21(24(28)35)23(32-34)18-7-6-17(15(3)22(18)27)26(36)30-20-12-14(2)33(4)31-20/h5-8,11-12,29H,9-10H2,1-4H3,(H2,28,35)(H,30,31,36). The van der Waals surface area contributed by atoms with Crippen LogP contribution < -0.4 is 16.4 Å². The Morgan fingerprint density at radius 2 is 1.89 bits per heavy atom. The molecule has 36 heavy (non-hydrogen) atoms. The summed E-state index contributed by atoms with van der Waals surface area (Å²) < 4.78 is 18.9. The van der Waals surface area contributed by atoms with E-state index in [4.69, 9.17) is 5.73 Å². The molecule has 0 saturated heterocycles. The van der Waals surface area contributed by atoms with Crippen LogP contribution in [0.1, 0.15) is 43.1 Å².